The summed E-state index contributed by atoms with van der Waals surface area (Å²) in [4.78, 5) is 22.4. The first kappa shape index (κ1) is 15.5. The summed E-state index contributed by atoms with van der Waals surface area (Å²) in [5, 5.41) is 14.4. The van der Waals surface area contributed by atoms with Crippen LogP contribution in [0.2, 0.25) is 0 Å². The van der Waals surface area contributed by atoms with Gasteiger partial charge in [0.15, 0.2) is 5.69 Å². The lowest BCUT2D eigenvalue weighted by Crippen LogP contribution is -2.21. The quantitative estimate of drug-likeness (QED) is 0.906. The number of aromatic nitrogens is 2. The van der Waals surface area contributed by atoms with Crippen LogP contribution in [0.4, 0.5) is 18.9 Å². The first-order valence-corrected chi connectivity index (χ1v) is 6.00. The molecule has 0 bridgehead atoms. The highest BCUT2D eigenvalue weighted by atomic mass is 19.4. The van der Waals surface area contributed by atoms with Crippen molar-refractivity contribution in [1.82, 2.24) is 9.78 Å². The van der Waals surface area contributed by atoms with Crippen molar-refractivity contribution in [1.29, 1.82) is 0 Å². The van der Waals surface area contributed by atoms with Crippen LogP contribution >= 0.6 is 0 Å². The summed E-state index contributed by atoms with van der Waals surface area (Å²) < 4.78 is 39.4. The second-order valence-corrected chi connectivity index (χ2v) is 4.30. The Bertz CT molecular complexity index is 710. The highest BCUT2D eigenvalue weighted by Crippen LogP contribution is 2.34. The largest absolute Gasteiger partial charge is 0.476 e. The number of anilines is 1. The van der Waals surface area contributed by atoms with Crippen LogP contribution < -0.4 is 5.32 Å². The summed E-state index contributed by atoms with van der Waals surface area (Å²) in [6.45, 7) is -0.403. The van der Waals surface area contributed by atoms with Crippen LogP contribution in [0.1, 0.15) is 16.1 Å². The zero-order chi connectivity index (χ0) is 16.3. The molecule has 1 heterocycles. The molecule has 6 nitrogen and oxygen atoms in total. The maximum atomic E-state index is 12.8. The van der Waals surface area contributed by atoms with E-state index < -0.39 is 30.2 Å². The van der Waals surface area contributed by atoms with Crippen molar-refractivity contribution in [3.63, 3.8) is 0 Å². The highest BCUT2D eigenvalue weighted by Gasteiger charge is 2.33. The van der Waals surface area contributed by atoms with E-state index in [-0.39, 0.29) is 11.4 Å². The number of carboxylic acid groups (broad SMARTS) is 1. The Hall–Kier alpha value is -2.84. The van der Waals surface area contributed by atoms with Gasteiger partial charge in [-0.05, 0) is 18.2 Å². The minimum Gasteiger partial charge on any atom is -0.476 e. The summed E-state index contributed by atoms with van der Waals surface area (Å²) in [6, 6.07) is 5.74. The summed E-state index contributed by atoms with van der Waals surface area (Å²) in [6.07, 6.45) is -3.34. The number of hydrogen-bond donors (Lipinski definition) is 2. The Morgan fingerprint density at radius 2 is 1.91 bits per heavy atom. The number of hydrogen-bond acceptors (Lipinski definition) is 3. The SMILES string of the molecule is O=C(Cn1ccc(C(=O)O)n1)Nc1ccccc1C(F)(F)F. The molecule has 0 spiro atoms. The molecule has 2 N–H and O–H groups in total. The van der Waals surface area contributed by atoms with Gasteiger partial charge in [0.05, 0.1) is 11.3 Å². The topological polar surface area (TPSA) is 84.2 Å². The van der Waals surface area contributed by atoms with Gasteiger partial charge in [0.2, 0.25) is 5.91 Å². The predicted octanol–water partition coefficient (Wildman–Crippen LogP) is 2.24. The molecule has 2 rings (SSSR count). The van der Waals surface area contributed by atoms with Crippen molar-refractivity contribution in [2.24, 2.45) is 0 Å². The molecule has 0 aliphatic heterocycles. The molecule has 0 aliphatic carbocycles. The van der Waals surface area contributed by atoms with Crippen molar-refractivity contribution in [2.45, 2.75) is 12.7 Å². The van der Waals surface area contributed by atoms with Gasteiger partial charge in [-0.3, -0.25) is 9.48 Å². The zero-order valence-electron chi connectivity index (χ0n) is 11.0. The highest BCUT2D eigenvalue weighted by molar-refractivity contribution is 5.91. The normalized spacial score (nSPS) is 11.2. The molecular formula is C13H10F3N3O3. The van der Waals surface area contributed by atoms with Gasteiger partial charge in [-0.1, -0.05) is 12.1 Å². The molecule has 1 aromatic carbocycles. The van der Waals surface area contributed by atoms with Crippen LogP contribution in [0.25, 0.3) is 0 Å². The second kappa shape index (κ2) is 5.88. The van der Waals surface area contributed by atoms with Crippen LogP contribution in [0.3, 0.4) is 0 Å². The Labute approximate surface area is 122 Å². The van der Waals surface area contributed by atoms with Crippen molar-refractivity contribution >= 4 is 17.6 Å². The van der Waals surface area contributed by atoms with E-state index in [1.54, 1.807) is 0 Å². The number of nitrogens with one attached hydrogen (secondary N) is 1. The number of alkyl halides is 3. The first-order chi connectivity index (χ1) is 10.3. The summed E-state index contributed by atoms with van der Waals surface area (Å²) in [5.74, 6) is -2.02. The summed E-state index contributed by atoms with van der Waals surface area (Å²) >= 11 is 0. The first-order valence-electron chi connectivity index (χ1n) is 6.00. The van der Waals surface area contributed by atoms with Crippen LogP contribution in [0.5, 0.6) is 0 Å². The molecule has 9 heteroatoms. The molecular weight excluding hydrogens is 303 g/mol. The number of carbonyl (C=O) groups excluding carboxylic acids is 1. The molecule has 1 amide bonds. The fraction of sp³-hybridized carbons (Fsp3) is 0.154. The summed E-state index contributed by atoms with van der Waals surface area (Å²) in [5.41, 5.74) is -1.59. The molecule has 0 aliphatic rings. The number of benzene rings is 1. The van der Waals surface area contributed by atoms with E-state index in [2.05, 4.69) is 10.4 Å². The van der Waals surface area contributed by atoms with Crippen LogP contribution in [-0.4, -0.2) is 26.8 Å². The van der Waals surface area contributed by atoms with Gasteiger partial charge in [0.25, 0.3) is 0 Å². The number of halogens is 3. The van der Waals surface area contributed by atoms with Gasteiger partial charge in [-0.25, -0.2) is 4.79 Å². The fourth-order valence-corrected chi connectivity index (χ4v) is 1.74. The van der Waals surface area contributed by atoms with Crippen molar-refractivity contribution in [2.75, 3.05) is 5.32 Å². The van der Waals surface area contributed by atoms with Gasteiger partial charge in [0, 0.05) is 6.20 Å². The van der Waals surface area contributed by atoms with Gasteiger partial charge < -0.3 is 10.4 Å². The maximum absolute atomic E-state index is 12.8. The van der Waals surface area contributed by atoms with E-state index in [9.17, 15) is 22.8 Å². The van der Waals surface area contributed by atoms with E-state index in [4.69, 9.17) is 5.11 Å². The van der Waals surface area contributed by atoms with Crippen LogP contribution in [-0.2, 0) is 17.5 Å². The Kier molecular flexibility index (Phi) is 4.15. The molecule has 0 saturated carbocycles. The lowest BCUT2D eigenvalue weighted by Gasteiger charge is -2.13. The Morgan fingerprint density at radius 1 is 1.23 bits per heavy atom. The standard InChI is InChI=1S/C13H10F3N3O3/c14-13(15,16)8-3-1-2-4-9(8)17-11(20)7-19-6-5-10(18-19)12(21)22/h1-6H,7H2,(H,17,20)(H,21,22). The third-order valence-electron chi connectivity index (χ3n) is 2.67. The molecule has 2 aromatic rings. The monoisotopic (exact) mass is 313 g/mol. The minimum absolute atomic E-state index is 0.261. The van der Waals surface area contributed by atoms with E-state index in [1.165, 1.54) is 24.4 Å². The van der Waals surface area contributed by atoms with Crippen molar-refractivity contribution < 1.29 is 27.9 Å². The van der Waals surface area contributed by atoms with E-state index in [1.807, 2.05) is 0 Å². The third kappa shape index (κ3) is 3.62. The minimum atomic E-state index is -4.59. The maximum Gasteiger partial charge on any atom is 0.418 e. The molecule has 1 aromatic heterocycles. The van der Waals surface area contributed by atoms with Gasteiger partial charge in [-0.15, -0.1) is 0 Å². The van der Waals surface area contributed by atoms with Crippen molar-refractivity contribution in [3.05, 3.63) is 47.8 Å². The number of carbonyl (C=O) groups is 2. The van der Waals surface area contributed by atoms with Gasteiger partial charge >= 0.3 is 12.1 Å². The third-order valence-corrected chi connectivity index (χ3v) is 2.67. The molecule has 0 unspecified atom stereocenters. The van der Waals surface area contributed by atoms with Crippen LogP contribution in [0, 0.1) is 0 Å². The average Bonchev–Trinajstić information content (AvgIpc) is 2.86. The lowest BCUT2D eigenvalue weighted by molar-refractivity contribution is -0.137. The molecule has 116 valence electrons. The molecule has 22 heavy (non-hydrogen) atoms. The average molecular weight is 313 g/mol. The lowest BCUT2D eigenvalue weighted by atomic mass is 10.1. The van der Waals surface area contributed by atoms with Gasteiger partial charge in [-0.2, -0.15) is 18.3 Å². The van der Waals surface area contributed by atoms with E-state index >= 15 is 0 Å². The molecule has 0 radical (unpaired) electrons. The van der Waals surface area contributed by atoms with E-state index in [0.29, 0.717) is 0 Å². The molecule has 0 fully saturated rings. The Morgan fingerprint density at radius 3 is 2.50 bits per heavy atom. The van der Waals surface area contributed by atoms with E-state index in [0.717, 1.165) is 16.8 Å². The number of aromatic carboxylic acids is 1. The fourth-order valence-electron chi connectivity index (χ4n) is 1.74. The number of para-hydroxylation sites is 1. The van der Waals surface area contributed by atoms with Gasteiger partial charge in [0.1, 0.15) is 6.54 Å². The van der Waals surface area contributed by atoms with Crippen molar-refractivity contribution in [3.8, 4) is 0 Å². The number of rotatable bonds is 4. The molecule has 0 atom stereocenters. The molecule has 0 saturated heterocycles. The zero-order valence-corrected chi connectivity index (χ0v) is 11.0. The summed E-state index contributed by atoms with van der Waals surface area (Å²) in [7, 11) is 0. The number of carboxylic acids is 1. The Balaban J connectivity index is 2.11. The second-order valence-electron chi connectivity index (χ2n) is 4.30. The van der Waals surface area contributed by atoms with Crippen LogP contribution in [0.15, 0.2) is 36.5 Å². The predicted molar refractivity (Wildman–Crippen MR) is 69.3 cm³/mol. The number of nitrogens with zero attached hydrogens (tertiary/aromatic N) is 2. The smallest absolute Gasteiger partial charge is 0.418 e. The number of amides is 1.